The number of anilines is 1. The van der Waals surface area contributed by atoms with Gasteiger partial charge in [0.25, 0.3) is 5.91 Å². The van der Waals surface area contributed by atoms with E-state index in [1.165, 1.54) is 0 Å². The van der Waals surface area contributed by atoms with Crippen LogP contribution in [0.3, 0.4) is 0 Å². The Balaban J connectivity index is 2.11. The Bertz CT molecular complexity index is 555. The van der Waals surface area contributed by atoms with E-state index in [0.717, 1.165) is 12.3 Å². The minimum Gasteiger partial charge on any atom is -0.370 e. The molecule has 1 amide bonds. The average molecular weight is 263 g/mol. The van der Waals surface area contributed by atoms with Crippen molar-refractivity contribution in [1.29, 1.82) is 0 Å². The summed E-state index contributed by atoms with van der Waals surface area (Å²) in [7, 11) is 0. The Morgan fingerprint density at radius 2 is 2.32 bits per heavy atom. The van der Waals surface area contributed by atoms with Crippen LogP contribution in [-0.2, 0) is 6.54 Å². The lowest BCUT2D eigenvalue weighted by Gasteiger charge is -2.09. The van der Waals surface area contributed by atoms with Crippen molar-refractivity contribution in [2.75, 3.05) is 11.9 Å². The van der Waals surface area contributed by atoms with Gasteiger partial charge >= 0.3 is 0 Å². The third-order valence-corrected chi connectivity index (χ3v) is 2.41. The summed E-state index contributed by atoms with van der Waals surface area (Å²) in [6.45, 7) is 2.71. The zero-order valence-corrected chi connectivity index (χ0v) is 10.4. The van der Waals surface area contributed by atoms with Crippen molar-refractivity contribution in [3.63, 3.8) is 0 Å². The number of rotatable bonds is 5. The predicted molar refractivity (Wildman–Crippen MR) is 68.1 cm³/mol. The van der Waals surface area contributed by atoms with Crippen molar-refractivity contribution >= 4 is 11.7 Å². The summed E-state index contributed by atoms with van der Waals surface area (Å²) in [6.07, 6.45) is 4.33. The molecule has 2 rings (SSSR count). The minimum atomic E-state index is -0.551. The number of carbonyl (C=O) groups is 1. The number of nitrogens with zero attached hydrogens (tertiary/aromatic N) is 2. The van der Waals surface area contributed by atoms with Gasteiger partial charge in [0.05, 0.1) is 18.3 Å². The molecule has 0 unspecified atom stereocenters. The molecule has 2 aromatic rings. The van der Waals surface area contributed by atoms with Crippen molar-refractivity contribution < 1.29 is 9.18 Å². The predicted octanol–water partition coefficient (Wildman–Crippen LogP) is 1.31. The quantitative estimate of drug-likeness (QED) is 0.759. The highest BCUT2D eigenvalue weighted by Crippen LogP contribution is 2.13. The van der Waals surface area contributed by atoms with Crippen LogP contribution in [0.15, 0.2) is 24.7 Å². The van der Waals surface area contributed by atoms with Crippen molar-refractivity contribution in [3.05, 3.63) is 41.9 Å². The van der Waals surface area contributed by atoms with Crippen LogP contribution in [0.25, 0.3) is 0 Å². The zero-order valence-electron chi connectivity index (χ0n) is 10.4. The third kappa shape index (κ3) is 3.27. The van der Waals surface area contributed by atoms with Crippen LogP contribution in [0.5, 0.6) is 0 Å². The Morgan fingerprint density at radius 1 is 1.47 bits per heavy atom. The molecule has 0 aliphatic heterocycles. The summed E-state index contributed by atoms with van der Waals surface area (Å²) in [4.78, 5) is 22.7. The summed E-state index contributed by atoms with van der Waals surface area (Å²) >= 11 is 0. The van der Waals surface area contributed by atoms with Gasteiger partial charge in [-0.1, -0.05) is 0 Å². The van der Waals surface area contributed by atoms with Gasteiger partial charge in [0.15, 0.2) is 0 Å². The number of hydrogen-bond donors (Lipinski definition) is 3. The van der Waals surface area contributed by atoms with Crippen LogP contribution in [0, 0.1) is 5.82 Å². The molecule has 0 radical (unpaired) electrons. The smallest absolute Gasteiger partial charge is 0.255 e. The van der Waals surface area contributed by atoms with Crippen LogP contribution in [0.2, 0.25) is 0 Å². The summed E-state index contributed by atoms with van der Waals surface area (Å²) in [5.74, 6) is 0.0349. The number of amides is 1. The molecule has 0 aliphatic carbocycles. The molecule has 3 N–H and O–H groups in total. The second-order valence-corrected chi connectivity index (χ2v) is 3.80. The van der Waals surface area contributed by atoms with Crippen LogP contribution in [0.4, 0.5) is 10.2 Å². The Hall–Kier alpha value is -2.44. The average Bonchev–Trinajstić information content (AvgIpc) is 2.91. The topological polar surface area (TPSA) is 82.7 Å². The third-order valence-electron chi connectivity index (χ3n) is 2.41. The Morgan fingerprint density at radius 3 is 3.00 bits per heavy atom. The number of nitrogens with one attached hydrogen (secondary N) is 3. The van der Waals surface area contributed by atoms with E-state index < -0.39 is 11.7 Å². The lowest BCUT2D eigenvalue weighted by atomic mass is 10.2. The number of H-pyrrole nitrogens is 1. The van der Waals surface area contributed by atoms with Gasteiger partial charge in [-0.15, -0.1) is 0 Å². The first-order valence-electron chi connectivity index (χ1n) is 5.86. The molecule has 0 atom stereocenters. The van der Waals surface area contributed by atoms with Gasteiger partial charge in [-0.05, 0) is 13.0 Å². The fourth-order valence-electron chi connectivity index (χ4n) is 1.57. The minimum absolute atomic E-state index is 0.174. The van der Waals surface area contributed by atoms with Gasteiger partial charge in [-0.25, -0.2) is 14.4 Å². The molecule has 7 heteroatoms. The first kappa shape index (κ1) is 13.0. The lowest BCUT2D eigenvalue weighted by Crippen LogP contribution is -2.25. The molecular formula is C12H14FN5O. The highest BCUT2D eigenvalue weighted by molar-refractivity contribution is 5.98. The van der Waals surface area contributed by atoms with Gasteiger partial charge in [0, 0.05) is 18.9 Å². The summed E-state index contributed by atoms with van der Waals surface area (Å²) < 4.78 is 13.2. The molecule has 0 bridgehead atoms. The fraction of sp³-hybridized carbons (Fsp3) is 0.250. The molecule has 0 aromatic carbocycles. The molecule has 0 saturated heterocycles. The Labute approximate surface area is 109 Å². The zero-order chi connectivity index (χ0) is 13.7. The van der Waals surface area contributed by atoms with E-state index in [0.29, 0.717) is 18.2 Å². The second-order valence-electron chi connectivity index (χ2n) is 3.80. The highest BCUT2D eigenvalue weighted by atomic mass is 19.1. The van der Waals surface area contributed by atoms with Gasteiger partial charge in [0.1, 0.15) is 17.5 Å². The number of imidazole rings is 1. The molecular weight excluding hydrogens is 249 g/mol. The van der Waals surface area contributed by atoms with E-state index in [4.69, 9.17) is 0 Å². The molecule has 2 aromatic heterocycles. The molecule has 100 valence electrons. The lowest BCUT2D eigenvalue weighted by molar-refractivity contribution is 0.0950. The monoisotopic (exact) mass is 263 g/mol. The fourth-order valence-corrected chi connectivity index (χ4v) is 1.57. The standard InChI is InChI=1S/C12H14FN5O/c1-2-14-11-9(5-8(13)6-17-11)12(19)18-7-10-15-3-4-16-10/h3-6H,2,7H2,1H3,(H,14,17)(H,15,16)(H,18,19). The highest BCUT2D eigenvalue weighted by Gasteiger charge is 2.13. The maximum atomic E-state index is 13.2. The number of carbonyl (C=O) groups excluding carboxylic acids is 1. The van der Waals surface area contributed by atoms with Crippen molar-refractivity contribution in [2.45, 2.75) is 13.5 Å². The van der Waals surface area contributed by atoms with Crippen LogP contribution in [-0.4, -0.2) is 27.4 Å². The largest absolute Gasteiger partial charge is 0.370 e. The Kier molecular flexibility index (Phi) is 4.07. The molecule has 2 heterocycles. The summed E-state index contributed by atoms with van der Waals surface area (Å²) in [5.41, 5.74) is 0.174. The van der Waals surface area contributed by atoms with E-state index in [-0.39, 0.29) is 12.1 Å². The molecule has 0 aliphatic rings. The van der Waals surface area contributed by atoms with Gasteiger partial charge < -0.3 is 15.6 Å². The number of aromatic nitrogens is 3. The maximum Gasteiger partial charge on any atom is 0.255 e. The molecule has 0 spiro atoms. The van der Waals surface area contributed by atoms with Gasteiger partial charge in [0.2, 0.25) is 0 Å². The number of hydrogen-bond acceptors (Lipinski definition) is 4. The second kappa shape index (κ2) is 5.94. The number of aromatic amines is 1. The normalized spacial score (nSPS) is 10.2. The van der Waals surface area contributed by atoms with Crippen molar-refractivity contribution in [2.24, 2.45) is 0 Å². The summed E-state index contributed by atoms with van der Waals surface area (Å²) in [6, 6.07) is 1.16. The van der Waals surface area contributed by atoms with E-state index in [1.54, 1.807) is 12.4 Å². The molecule has 0 fully saturated rings. The van der Waals surface area contributed by atoms with Gasteiger partial charge in [-0.3, -0.25) is 4.79 Å². The summed E-state index contributed by atoms with van der Waals surface area (Å²) in [5, 5.41) is 5.56. The van der Waals surface area contributed by atoms with Crippen molar-refractivity contribution in [3.8, 4) is 0 Å². The first-order valence-corrected chi connectivity index (χ1v) is 5.86. The van der Waals surface area contributed by atoms with Crippen LogP contribution in [0.1, 0.15) is 23.1 Å². The molecule has 0 saturated carbocycles. The van der Waals surface area contributed by atoms with E-state index >= 15 is 0 Å². The van der Waals surface area contributed by atoms with E-state index in [9.17, 15) is 9.18 Å². The van der Waals surface area contributed by atoms with Crippen LogP contribution < -0.4 is 10.6 Å². The SMILES string of the molecule is CCNc1ncc(F)cc1C(=O)NCc1ncc[nH]1. The van der Waals surface area contributed by atoms with Crippen molar-refractivity contribution in [1.82, 2.24) is 20.3 Å². The molecule has 19 heavy (non-hydrogen) atoms. The number of pyridine rings is 1. The first-order chi connectivity index (χ1) is 9.20. The molecule has 6 nitrogen and oxygen atoms in total. The van der Waals surface area contributed by atoms with Gasteiger partial charge in [-0.2, -0.15) is 0 Å². The van der Waals surface area contributed by atoms with E-state index in [2.05, 4.69) is 25.6 Å². The van der Waals surface area contributed by atoms with Crippen LogP contribution >= 0.6 is 0 Å². The van der Waals surface area contributed by atoms with E-state index in [1.807, 2.05) is 6.92 Å². The maximum absolute atomic E-state index is 13.2. The number of halogens is 1.